The van der Waals surface area contributed by atoms with Crippen LogP contribution < -0.4 is 20.8 Å². The van der Waals surface area contributed by atoms with Crippen molar-refractivity contribution in [2.75, 3.05) is 10.6 Å². The Morgan fingerprint density at radius 2 is 0.843 bits per heavy atom. The van der Waals surface area contributed by atoms with Gasteiger partial charge in [-0.25, -0.2) is 8.78 Å². The molecule has 8 aromatic rings. The molecule has 4 heterocycles. The second kappa shape index (κ2) is 30.8. The molecule has 0 saturated carbocycles. The third kappa shape index (κ3) is 17.3. The van der Waals surface area contributed by atoms with Gasteiger partial charge in [-0.15, -0.1) is 0 Å². The summed E-state index contributed by atoms with van der Waals surface area (Å²) in [4.78, 5) is 58.3. The van der Waals surface area contributed by atoms with Gasteiger partial charge in [0.1, 0.15) is 11.6 Å². The fourth-order valence-electron chi connectivity index (χ4n) is 10.2. The second-order valence-corrected chi connectivity index (χ2v) is 20.5. The minimum Gasteiger partial charge on any atom is -0.550 e. The van der Waals surface area contributed by atoms with E-state index < -0.39 is 60.8 Å². The molecule has 4 atom stereocenters. The van der Waals surface area contributed by atoms with Crippen molar-refractivity contribution in [1.29, 1.82) is 0 Å². The number of pyridine rings is 2. The van der Waals surface area contributed by atoms with Crippen LogP contribution in [0.5, 0.6) is 0 Å². The number of aliphatic hydroxyl groups is 4. The minimum absolute atomic E-state index is 0. The predicted octanol–water partition coefficient (Wildman–Crippen LogP) is 8.37. The number of rotatable bonds is 24. The summed E-state index contributed by atoms with van der Waals surface area (Å²) in [6.45, 7) is 8.34. The number of amides is 2. The normalized spacial score (nSPS) is 12.6. The maximum atomic E-state index is 14.0. The van der Waals surface area contributed by atoms with Gasteiger partial charge in [0.15, 0.2) is 0 Å². The van der Waals surface area contributed by atoms with Crippen LogP contribution in [0, 0.1) is 11.6 Å². The number of nitrogens with one attached hydrogen (secondary N) is 2. The van der Waals surface area contributed by atoms with E-state index in [4.69, 9.17) is 0 Å². The molecule has 0 unspecified atom stereocenters. The van der Waals surface area contributed by atoms with Gasteiger partial charge in [-0.3, -0.25) is 19.6 Å². The monoisotopic (exact) mass is 1160 g/mol. The number of halogens is 2. The molecule has 0 fully saturated rings. The Balaban J connectivity index is 0.000000263. The number of anilines is 2. The Hall–Kier alpha value is -7.42. The van der Waals surface area contributed by atoms with E-state index in [1.54, 1.807) is 85.5 Å². The first-order valence-electron chi connectivity index (χ1n) is 27.0. The maximum Gasteiger partial charge on any atom is 2.00 e. The maximum absolute atomic E-state index is 14.0. The average molecular weight is 1160 g/mol. The molecular formula is C64H66CaF2N6O10. The molecule has 4 aromatic heterocycles. The van der Waals surface area contributed by atoms with Crippen LogP contribution in [-0.2, 0) is 22.7 Å². The SMILES string of the molecule is CC(C)c1c(C(=O)Nc2ccccc2)c(-c2cccnc2)c(-c2ccc(F)cc2)n1CC[C@@H](O)C[C@@H](O)CC(=O)[O-].CC(C)c1c(C(=O)Nc2ccccc2)c(-c2cccnc2)c(-c2ccc(F)cc2)n1CC[C@@H](O)C[C@@H](O)CC(=O)[O-].[Ca+2]. The molecule has 0 saturated heterocycles. The number of hydrogen-bond acceptors (Lipinski definition) is 12. The summed E-state index contributed by atoms with van der Waals surface area (Å²) < 4.78 is 31.9. The summed E-state index contributed by atoms with van der Waals surface area (Å²) in [7, 11) is 0. The number of hydrogen-bond donors (Lipinski definition) is 6. The molecule has 0 radical (unpaired) electrons. The molecule has 8 rings (SSSR count). The van der Waals surface area contributed by atoms with Gasteiger partial charge in [-0.05, 0) is 134 Å². The van der Waals surface area contributed by atoms with Crippen LogP contribution in [0.25, 0.3) is 44.8 Å². The molecule has 0 aliphatic carbocycles. The van der Waals surface area contributed by atoms with Crippen LogP contribution in [0.3, 0.4) is 0 Å². The predicted molar refractivity (Wildman–Crippen MR) is 311 cm³/mol. The van der Waals surface area contributed by atoms with Crippen molar-refractivity contribution in [2.24, 2.45) is 0 Å². The first-order valence-corrected chi connectivity index (χ1v) is 27.0. The number of carbonyl (C=O) groups is 4. The van der Waals surface area contributed by atoms with E-state index in [0.717, 1.165) is 0 Å². The smallest absolute Gasteiger partial charge is 0.550 e. The Kier molecular flexibility index (Phi) is 24.0. The second-order valence-electron chi connectivity index (χ2n) is 20.5. The minimum atomic E-state index is -1.40. The Morgan fingerprint density at radius 3 is 1.14 bits per heavy atom. The Bertz CT molecular complexity index is 3180. The molecule has 6 N–H and O–H groups in total. The first-order chi connectivity index (χ1) is 39.3. The molecule has 428 valence electrons. The van der Waals surface area contributed by atoms with E-state index >= 15 is 0 Å². The zero-order valence-corrected chi connectivity index (χ0v) is 48.8. The number of carbonyl (C=O) groups excluding carboxylic acids is 4. The van der Waals surface area contributed by atoms with E-state index in [0.29, 0.717) is 78.7 Å². The summed E-state index contributed by atoms with van der Waals surface area (Å²) in [5.41, 5.74) is 8.78. The van der Waals surface area contributed by atoms with E-state index in [1.807, 2.05) is 85.4 Å². The van der Waals surface area contributed by atoms with Crippen molar-refractivity contribution >= 4 is 72.9 Å². The molecule has 2 amide bonds. The van der Waals surface area contributed by atoms with Crippen molar-refractivity contribution in [3.05, 3.63) is 192 Å². The zero-order valence-electron chi connectivity index (χ0n) is 46.6. The van der Waals surface area contributed by atoms with Crippen LogP contribution in [0.1, 0.15) is 110 Å². The molecule has 19 heteroatoms. The van der Waals surface area contributed by atoms with Crippen molar-refractivity contribution in [2.45, 2.75) is 116 Å². The number of nitrogens with zero attached hydrogens (tertiary/aromatic N) is 4. The first kappa shape index (κ1) is 64.7. The van der Waals surface area contributed by atoms with Gasteiger partial charge in [0.25, 0.3) is 11.8 Å². The van der Waals surface area contributed by atoms with Gasteiger partial charge >= 0.3 is 37.7 Å². The third-order valence-electron chi connectivity index (χ3n) is 13.6. The standard InChI is InChI=1S/2C32H34FN3O5.Ca/c2*1-20(2)30-29(32(41)35-24-8-4-3-5-9-24)28(22-7-6-15-34-19-22)31(21-10-12-23(33)13-11-21)36(30)16-14-25(37)17-26(38)18-27(39)40;/h2*3-13,15,19-20,25-26,37-38H,14,16-18H2,1-2H3,(H,35,41)(H,39,40);/q;;+2/p-2/t2*25-,26-;/m11./s1. The van der Waals surface area contributed by atoms with Crippen LogP contribution in [0.15, 0.2) is 158 Å². The Labute approximate surface area is 510 Å². The summed E-state index contributed by atoms with van der Waals surface area (Å²) in [6.07, 6.45) is 0.968. The summed E-state index contributed by atoms with van der Waals surface area (Å²) >= 11 is 0. The van der Waals surface area contributed by atoms with E-state index in [-0.39, 0.29) is 100 Å². The zero-order chi connectivity index (χ0) is 59.0. The quantitative estimate of drug-likeness (QED) is 0.0312. The van der Waals surface area contributed by atoms with E-state index in [1.165, 1.54) is 24.3 Å². The fourth-order valence-corrected chi connectivity index (χ4v) is 10.2. The average Bonchev–Trinajstić information content (AvgIpc) is 3.14. The van der Waals surface area contributed by atoms with Crippen molar-refractivity contribution in [1.82, 2.24) is 19.1 Å². The number of aromatic nitrogens is 4. The molecule has 16 nitrogen and oxygen atoms in total. The number of aliphatic hydroxyl groups excluding tert-OH is 4. The molecule has 4 aromatic carbocycles. The summed E-state index contributed by atoms with van der Waals surface area (Å²) in [5.74, 6) is -4.54. The molecule has 0 bridgehead atoms. The summed E-state index contributed by atoms with van der Waals surface area (Å²) in [5, 5.41) is 69.1. The third-order valence-corrected chi connectivity index (χ3v) is 13.6. The van der Waals surface area contributed by atoms with E-state index in [2.05, 4.69) is 20.6 Å². The van der Waals surface area contributed by atoms with Crippen molar-refractivity contribution < 1.29 is 58.6 Å². The van der Waals surface area contributed by atoms with Crippen molar-refractivity contribution in [3.63, 3.8) is 0 Å². The van der Waals surface area contributed by atoms with Gasteiger partial charge in [-0.1, -0.05) is 76.2 Å². The van der Waals surface area contributed by atoms with Gasteiger partial charge in [-0.2, -0.15) is 0 Å². The van der Waals surface area contributed by atoms with Gasteiger partial charge in [0, 0.05) is 108 Å². The topological polar surface area (TPSA) is 255 Å². The van der Waals surface area contributed by atoms with Crippen LogP contribution in [-0.4, -0.2) is 125 Å². The summed E-state index contributed by atoms with van der Waals surface area (Å²) in [6, 6.07) is 37.4. The van der Waals surface area contributed by atoms with E-state index in [9.17, 15) is 58.6 Å². The largest absolute Gasteiger partial charge is 2.00 e. The van der Waals surface area contributed by atoms with Gasteiger partial charge in [0.05, 0.1) is 46.9 Å². The number of aliphatic carboxylic acids is 2. The molecule has 0 aliphatic rings. The van der Waals surface area contributed by atoms with Crippen LogP contribution in [0.2, 0.25) is 0 Å². The number of carboxylic acids is 2. The van der Waals surface area contributed by atoms with Crippen molar-refractivity contribution in [3.8, 4) is 44.8 Å². The number of benzene rings is 4. The van der Waals surface area contributed by atoms with Gasteiger partial charge in [0.2, 0.25) is 0 Å². The van der Waals surface area contributed by atoms with Crippen LogP contribution in [0.4, 0.5) is 20.2 Å². The number of carboxylic acid groups (broad SMARTS) is 2. The fraction of sp³-hybridized carbons (Fsp3) is 0.281. The van der Waals surface area contributed by atoms with Crippen LogP contribution >= 0.6 is 0 Å². The molecular weight excluding hydrogens is 1090 g/mol. The Morgan fingerprint density at radius 1 is 0.494 bits per heavy atom. The number of para-hydroxylation sites is 2. The molecule has 83 heavy (non-hydrogen) atoms. The molecule has 0 aliphatic heterocycles. The van der Waals surface area contributed by atoms with Gasteiger partial charge < -0.3 is 60.0 Å². The molecule has 0 spiro atoms.